The average molecular weight is 691 g/mol. The van der Waals surface area contributed by atoms with Gasteiger partial charge in [-0.2, -0.15) is 0 Å². The van der Waals surface area contributed by atoms with Crippen molar-refractivity contribution in [1.82, 2.24) is 0 Å². The van der Waals surface area contributed by atoms with E-state index in [1.807, 2.05) is 6.92 Å². The summed E-state index contributed by atoms with van der Waals surface area (Å²) in [5, 5.41) is 0. The van der Waals surface area contributed by atoms with Crippen LogP contribution in [0.5, 0.6) is 0 Å². The first-order chi connectivity index (χ1) is 23.2. The van der Waals surface area contributed by atoms with Gasteiger partial charge in [0.25, 0.3) is 0 Å². The summed E-state index contributed by atoms with van der Waals surface area (Å²) in [6, 6.07) is 1.76. The van der Waals surface area contributed by atoms with Gasteiger partial charge in [0.2, 0.25) is 0 Å². The zero-order valence-corrected chi connectivity index (χ0v) is 28.3. The molecule has 5 rings (SSSR count). The van der Waals surface area contributed by atoms with Crippen molar-refractivity contribution in [3.05, 3.63) is 35.3 Å². The Hall–Kier alpha value is -4.24. The number of esters is 6. The Balaban J connectivity index is 1.51. The third-order valence-electron chi connectivity index (χ3n) is 9.84. The van der Waals surface area contributed by atoms with Crippen LogP contribution in [-0.4, -0.2) is 86.3 Å². The molecule has 3 fully saturated rings. The van der Waals surface area contributed by atoms with Gasteiger partial charge in [-0.15, -0.1) is 0 Å². The summed E-state index contributed by atoms with van der Waals surface area (Å²) in [6.07, 6.45) is -3.19. The number of allylic oxidation sites excluding steroid dienone is 1. The lowest BCUT2D eigenvalue weighted by molar-refractivity contribution is -0.315. The highest BCUT2D eigenvalue weighted by atomic mass is 16.7. The largest absolute Gasteiger partial charge is 0.472 e. The van der Waals surface area contributed by atoms with Gasteiger partial charge in [-0.1, -0.05) is 12.5 Å². The molecular formula is C34H42O15. The molecule has 268 valence electrons. The minimum atomic E-state index is -1.48. The van der Waals surface area contributed by atoms with Crippen LogP contribution in [-0.2, 0) is 66.7 Å². The summed E-state index contributed by atoms with van der Waals surface area (Å²) in [7, 11) is 1.26. The van der Waals surface area contributed by atoms with Crippen molar-refractivity contribution in [2.45, 2.75) is 110 Å². The van der Waals surface area contributed by atoms with E-state index in [1.54, 1.807) is 12.3 Å². The predicted octanol–water partition coefficient (Wildman–Crippen LogP) is 3.03. The van der Waals surface area contributed by atoms with Gasteiger partial charge in [-0.25, -0.2) is 4.79 Å². The second-order valence-electron chi connectivity index (χ2n) is 13.0. The standard InChI is InChI=1S/C34H42O15/c1-16(35)43-15-26-28(44-17(2)36)29(45-18(3)37)30(46-19(4)38)33(49-26)48-24-10-9-22-21(27(24)32(40)41-6)7-8-23-31(39)47-25(13-34(22,23)5)20-11-12-42-14-20/h11-12,14,22-26,28-30,33H,7-10,13,15H2,1-6H3/t22-,23+,24-,25+,26-,28-,29+,30-,33-,34+/m1/s1. The molecule has 0 amide bonds. The van der Waals surface area contributed by atoms with Crippen LogP contribution >= 0.6 is 0 Å². The fourth-order valence-electron chi connectivity index (χ4n) is 7.89. The molecule has 1 aromatic rings. The molecule has 2 aliphatic carbocycles. The van der Waals surface area contributed by atoms with Crippen LogP contribution in [0.25, 0.3) is 0 Å². The second kappa shape index (κ2) is 14.7. The molecule has 2 aliphatic heterocycles. The molecular weight excluding hydrogens is 648 g/mol. The molecule has 0 unspecified atom stereocenters. The third-order valence-corrected chi connectivity index (χ3v) is 9.84. The smallest absolute Gasteiger partial charge is 0.336 e. The number of ether oxygens (including phenoxy) is 8. The summed E-state index contributed by atoms with van der Waals surface area (Å²) in [5.74, 6) is -4.50. The first kappa shape index (κ1) is 36.1. The zero-order valence-electron chi connectivity index (χ0n) is 28.3. The van der Waals surface area contributed by atoms with E-state index in [4.69, 9.17) is 42.3 Å². The number of rotatable bonds is 9. The maximum absolute atomic E-state index is 13.6. The number of carbonyl (C=O) groups is 6. The molecule has 0 bridgehead atoms. The Morgan fingerprint density at radius 2 is 1.55 bits per heavy atom. The fourth-order valence-corrected chi connectivity index (χ4v) is 7.89. The lowest BCUT2D eigenvalue weighted by Crippen LogP contribution is -2.63. The molecule has 15 nitrogen and oxygen atoms in total. The van der Waals surface area contributed by atoms with Crippen LogP contribution < -0.4 is 0 Å². The highest BCUT2D eigenvalue weighted by molar-refractivity contribution is 5.91. The van der Waals surface area contributed by atoms with Crippen LogP contribution in [0.1, 0.15) is 78.4 Å². The monoisotopic (exact) mass is 690 g/mol. The molecule has 15 heteroatoms. The summed E-state index contributed by atoms with van der Waals surface area (Å²) in [6.45, 7) is 6.18. The van der Waals surface area contributed by atoms with Gasteiger partial charge >= 0.3 is 35.8 Å². The van der Waals surface area contributed by atoms with E-state index in [0.717, 1.165) is 31.9 Å². The normalized spacial score (nSPS) is 34.0. The topological polar surface area (TPSA) is 189 Å². The van der Waals surface area contributed by atoms with E-state index in [-0.39, 0.29) is 29.8 Å². The Kier molecular flexibility index (Phi) is 10.8. The maximum Gasteiger partial charge on any atom is 0.336 e. The Morgan fingerprint density at radius 1 is 0.878 bits per heavy atom. The van der Waals surface area contributed by atoms with Crippen molar-refractivity contribution in [3.8, 4) is 0 Å². The highest BCUT2D eigenvalue weighted by Gasteiger charge is 2.58. The van der Waals surface area contributed by atoms with Crippen LogP contribution in [0, 0.1) is 17.3 Å². The number of furan rings is 1. The first-order valence-electron chi connectivity index (χ1n) is 16.2. The Labute approximate surface area is 282 Å². The highest BCUT2D eigenvalue weighted by Crippen LogP contribution is 2.60. The van der Waals surface area contributed by atoms with Gasteiger partial charge in [0.15, 0.2) is 24.6 Å². The predicted molar refractivity (Wildman–Crippen MR) is 162 cm³/mol. The van der Waals surface area contributed by atoms with Crippen LogP contribution in [0.3, 0.4) is 0 Å². The number of hydrogen-bond acceptors (Lipinski definition) is 15. The minimum Gasteiger partial charge on any atom is -0.472 e. The summed E-state index contributed by atoms with van der Waals surface area (Å²) in [4.78, 5) is 75.4. The number of cyclic esters (lactones) is 1. The summed E-state index contributed by atoms with van der Waals surface area (Å²) < 4.78 is 50.7. The van der Waals surface area contributed by atoms with Gasteiger partial charge in [0.05, 0.1) is 37.2 Å². The minimum absolute atomic E-state index is 0.196. The van der Waals surface area contributed by atoms with Crippen molar-refractivity contribution in [2.24, 2.45) is 17.3 Å². The summed E-state index contributed by atoms with van der Waals surface area (Å²) >= 11 is 0. The molecule has 49 heavy (non-hydrogen) atoms. The molecule has 3 heterocycles. The zero-order chi connectivity index (χ0) is 35.6. The van der Waals surface area contributed by atoms with Crippen LogP contribution in [0.15, 0.2) is 34.2 Å². The number of hydrogen-bond donors (Lipinski definition) is 0. The SMILES string of the molecule is COC(=O)C1=C2CC[C@H]3C(=O)O[C@H](c4ccoc4)C[C@@]3(C)[C@@H]2CC[C@H]1O[C@@H]1O[C@H](COC(C)=O)[C@@H](OC(C)=O)[C@H](OC(C)=O)[C@H]1OC(C)=O. The third kappa shape index (κ3) is 7.52. The Bertz CT molecular complexity index is 1480. The molecule has 0 radical (unpaired) electrons. The number of carbonyl (C=O) groups excluding carboxylic acids is 6. The molecule has 0 spiro atoms. The summed E-state index contributed by atoms with van der Waals surface area (Å²) in [5.41, 5.74) is 1.22. The van der Waals surface area contributed by atoms with E-state index in [1.165, 1.54) is 20.3 Å². The molecule has 1 aromatic heterocycles. The lowest BCUT2D eigenvalue weighted by atomic mass is 9.53. The van der Waals surface area contributed by atoms with Crippen LogP contribution in [0.4, 0.5) is 0 Å². The van der Waals surface area contributed by atoms with Gasteiger partial charge in [0.1, 0.15) is 18.8 Å². The van der Waals surface area contributed by atoms with E-state index >= 15 is 0 Å². The van der Waals surface area contributed by atoms with Crippen molar-refractivity contribution >= 4 is 35.8 Å². The van der Waals surface area contributed by atoms with E-state index in [2.05, 4.69) is 0 Å². The molecule has 0 N–H and O–H groups in total. The Morgan fingerprint density at radius 3 is 2.16 bits per heavy atom. The number of fused-ring (bicyclic) bond motifs is 3. The molecule has 4 aliphatic rings. The second-order valence-corrected chi connectivity index (χ2v) is 13.0. The van der Waals surface area contributed by atoms with Gasteiger partial charge < -0.3 is 42.3 Å². The van der Waals surface area contributed by atoms with E-state index in [9.17, 15) is 28.8 Å². The van der Waals surface area contributed by atoms with Gasteiger partial charge in [0, 0.05) is 33.3 Å². The van der Waals surface area contributed by atoms with E-state index < -0.39 is 84.8 Å². The fraction of sp³-hybridized carbons (Fsp3) is 0.647. The lowest BCUT2D eigenvalue weighted by Gasteiger charge is -2.54. The van der Waals surface area contributed by atoms with Gasteiger partial charge in [-0.05, 0) is 49.5 Å². The first-order valence-corrected chi connectivity index (χ1v) is 16.2. The van der Waals surface area contributed by atoms with E-state index in [0.29, 0.717) is 25.7 Å². The average Bonchev–Trinajstić information content (AvgIpc) is 3.57. The molecule has 2 saturated heterocycles. The molecule has 10 atom stereocenters. The molecule has 1 saturated carbocycles. The van der Waals surface area contributed by atoms with Crippen molar-refractivity contribution < 1.29 is 71.1 Å². The van der Waals surface area contributed by atoms with Crippen LogP contribution in [0.2, 0.25) is 0 Å². The van der Waals surface area contributed by atoms with Crippen molar-refractivity contribution in [1.29, 1.82) is 0 Å². The maximum atomic E-state index is 13.6. The molecule has 0 aromatic carbocycles. The number of methoxy groups -OCH3 is 1. The van der Waals surface area contributed by atoms with Gasteiger partial charge in [-0.3, -0.25) is 24.0 Å². The van der Waals surface area contributed by atoms with Crippen molar-refractivity contribution in [2.75, 3.05) is 13.7 Å². The quantitative estimate of drug-likeness (QED) is 0.271. The van der Waals surface area contributed by atoms with Crippen molar-refractivity contribution in [3.63, 3.8) is 0 Å².